The van der Waals surface area contributed by atoms with E-state index in [4.69, 9.17) is 9.47 Å². The number of carbonyl (C=O) groups excluding carboxylic acids is 7. The Balaban J connectivity index is 1.49. The zero-order valence-corrected chi connectivity index (χ0v) is 65.7. The van der Waals surface area contributed by atoms with Crippen molar-refractivity contribution in [2.75, 3.05) is 7.11 Å². The Hall–Kier alpha value is -15.4. The van der Waals surface area contributed by atoms with Gasteiger partial charge in [-0.25, -0.2) is 97.0 Å². The SMILES string of the molecule is COC(=O)[C@H](CCCc1cc(C(=O)O)nc(C(=O)O)c1)NC(=O)[C@H](CCCc1cc(C(=O)O)nc(C(=O)O)c1)NC(=O)[C@H](CCCc1cc(C(=O)O)nc(C(=O)O)c1)NC(=O)[C@H](CCCc1cc(C(=O)O)nc(C(=O)O)c1)NC(=O)[C@H](CCCc1cc(C(=O)O)nc(C(=O)O)c1)NC(=O)[C@H](CCCc1cc(C(=O)O)nc(C(=O)O)c1)NC(=O)OC(C)(C)C. The Morgan fingerprint density at radius 2 is 0.407 bits per heavy atom. The molecule has 0 spiro atoms. The fourth-order valence-electron chi connectivity index (χ4n) is 12.3. The van der Waals surface area contributed by atoms with Crippen LogP contribution in [-0.2, 0) is 76.8 Å². The molecule has 0 bridgehead atoms. The third-order valence-electron chi connectivity index (χ3n) is 18.0. The summed E-state index contributed by atoms with van der Waals surface area (Å²) >= 11 is 0. The highest BCUT2D eigenvalue weighted by Crippen LogP contribution is 2.22. The summed E-state index contributed by atoms with van der Waals surface area (Å²) < 4.78 is 10.4. The maximum Gasteiger partial charge on any atom is 0.408 e. The van der Waals surface area contributed by atoms with Crippen molar-refractivity contribution in [1.29, 1.82) is 0 Å². The van der Waals surface area contributed by atoms with Gasteiger partial charge in [0.25, 0.3) is 0 Å². The van der Waals surface area contributed by atoms with Crippen molar-refractivity contribution in [1.82, 2.24) is 61.8 Å². The predicted octanol–water partition coefficient (Wildman–Crippen LogP) is 3.36. The molecule has 6 aromatic rings. The molecule has 0 saturated heterocycles. The molecule has 0 aliphatic carbocycles. The van der Waals surface area contributed by atoms with Gasteiger partial charge >= 0.3 is 83.7 Å². The summed E-state index contributed by atoms with van der Waals surface area (Å²) in [4.78, 5) is 270. The highest BCUT2D eigenvalue weighted by Gasteiger charge is 2.36. The van der Waals surface area contributed by atoms with Crippen LogP contribution in [0.3, 0.4) is 0 Å². The topological polar surface area (TPSA) is 735 Å². The molecule has 0 aromatic carbocycles. The molecule has 0 fully saturated rings. The third-order valence-corrected chi connectivity index (χ3v) is 18.0. The summed E-state index contributed by atoms with van der Waals surface area (Å²) in [5.41, 5.74) is -9.70. The Morgan fingerprint density at radius 3 is 0.553 bits per heavy atom. The summed E-state index contributed by atoms with van der Waals surface area (Å²) in [6, 6.07) is 0.916. The average Bonchev–Trinajstić information content (AvgIpc) is 0.860. The zero-order valence-electron chi connectivity index (χ0n) is 65.7. The van der Waals surface area contributed by atoms with Crippen LogP contribution in [0, 0.1) is 0 Å². The van der Waals surface area contributed by atoms with Crippen LogP contribution in [0.2, 0.25) is 0 Å². The molecule has 0 unspecified atom stereocenters. The average molecular weight is 1720 g/mol. The first-order valence-electron chi connectivity index (χ1n) is 37.2. The number of hydrogen-bond acceptors (Lipinski definition) is 27. The number of rotatable bonds is 48. The molecule has 6 aromatic heterocycles. The molecule has 0 saturated carbocycles. The van der Waals surface area contributed by atoms with Gasteiger partial charge in [0.1, 0.15) is 110 Å². The summed E-state index contributed by atoms with van der Waals surface area (Å²) in [7, 11) is 0.928. The lowest BCUT2D eigenvalue weighted by atomic mass is 9.99. The van der Waals surface area contributed by atoms with Crippen LogP contribution in [0.15, 0.2) is 72.8 Å². The number of pyridine rings is 6. The van der Waals surface area contributed by atoms with Gasteiger partial charge < -0.3 is 103 Å². The number of carboxylic acids is 12. The zero-order chi connectivity index (χ0) is 91.4. The molecule has 6 amide bonds. The van der Waals surface area contributed by atoms with Crippen LogP contribution in [0.1, 0.15) is 257 Å². The molecule has 45 heteroatoms. The minimum absolute atomic E-state index is 0.00155. The van der Waals surface area contributed by atoms with Gasteiger partial charge in [0.2, 0.25) is 29.5 Å². The molecule has 0 aliphatic heterocycles. The highest BCUT2D eigenvalue weighted by molar-refractivity contribution is 5.99. The molecule has 654 valence electrons. The van der Waals surface area contributed by atoms with Gasteiger partial charge in [0, 0.05) is 0 Å². The van der Waals surface area contributed by atoms with Crippen LogP contribution >= 0.6 is 0 Å². The first-order valence-corrected chi connectivity index (χ1v) is 37.2. The van der Waals surface area contributed by atoms with Crippen LogP contribution in [-0.4, -0.2) is 253 Å². The largest absolute Gasteiger partial charge is 0.477 e. The van der Waals surface area contributed by atoms with E-state index < -0.39 is 256 Å². The fraction of sp³-hybridized carbons (Fsp3) is 0.372. The first-order chi connectivity index (χ1) is 57.8. The monoisotopic (exact) mass is 1720 g/mol. The normalized spacial score (nSPS) is 12.5. The lowest BCUT2D eigenvalue weighted by Gasteiger charge is -2.28. The summed E-state index contributed by atoms with van der Waals surface area (Å²) in [5.74, 6) is -27.2. The van der Waals surface area contributed by atoms with E-state index in [0.29, 0.717) is 0 Å². The van der Waals surface area contributed by atoms with E-state index in [9.17, 15) is 138 Å². The molecule has 6 atom stereocenters. The lowest BCUT2D eigenvalue weighted by Crippen LogP contribution is -2.59. The minimum Gasteiger partial charge on any atom is -0.477 e. The number of nitrogens with one attached hydrogen (secondary N) is 6. The standard InChI is InChI=1S/C78H84N12O33/c1-78(2,3)123-77(121)90-45(21-9-15-39-31-55(72(112)113)83-56(32-39)73(114)115)63(95)88-43(19-7-13-37-27-51(68(104)105)81-52(28-37)69(106)107)61(93)86-41(17-5-11-35-23-47(64(96)97)79-48(24-35)65(98)99)59(91)85-42(18-6-12-36-25-49(66(100)101)80-50(26-36)67(102)103)60(92)87-44(20-8-14-38-29-53(70(108)109)82-54(30-38)71(110)111)62(94)89-46(76(120)122-4)22-10-16-40-33-57(74(116)117)84-58(34-40)75(118)119/h23-34,41-46H,5-22H2,1-4H3,(H,85,91)(H,86,93)(H,87,92)(H,88,95)(H,89,94)(H,90,121)(H,96,97)(H,98,99)(H,100,101)(H,102,103)(H,104,105)(H,106,107)(H,108,109)(H,110,111)(H,112,113)(H,114,115)(H,116,117)(H,118,119)/t41-,42-,43-,44-,45-,46-/m0/s1. The molecule has 0 aliphatic rings. The van der Waals surface area contributed by atoms with E-state index in [0.717, 1.165) is 79.9 Å². The van der Waals surface area contributed by atoms with Crippen LogP contribution < -0.4 is 31.9 Å². The second-order valence-corrected chi connectivity index (χ2v) is 28.5. The molecule has 18 N–H and O–H groups in total. The predicted molar refractivity (Wildman–Crippen MR) is 411 cm³/mol. The van der Waals surface area contributed by atoms with E-state index in [1.54, 1.807) is 0 Å². The van der Waals surface area contributed by atoms with Crippen molar-refractivity contribution >= 4 is 113 Å². The lowest BCUT2D eigenvalue weighted by molar-refractivity contribution is -0.145. The Kier molecular flexibility index (Phi) is 34.9. The minimum atomic E-state index is -2.01. The smallest absolute Gasteiger partial charge is 0.408 e. The highest BCUT2D eigenvalue weighted by atomic mass is 16.6. The number of carbonyl (C=O) groups is 19. The van der Waals surface area contributed by atoms with Gasteiger partial charge in [-0.2, -0.15) is 0 Å². The van der Waals surface area contributed by atoms with Gasteiger partial charge in [-0.05, 0) is 243 Å². The number of hydrogen-bond donors (Lipinski definition) is 18. The number of alkyl carbamates (subject to hydrolysis) is 1. The van der Waals surface area contributed by atoms with Crippen molar-refractivity contribution in [2.24, 2.45) is 0 Å². The van der Waals surface area contributed by atoms with Crippen LogP contribution in [0.25, 0.3) is 0 Å². The van der Waals surface area contributed by atoms with Crippen molar-refractivity contribution in [3.63, 3.8) is 0 Å². The van der Waals surface area contributed by atoms with Crippen molar-refractivity contribution in [3.05, 3.63) is 175 Å². The quantitative estimate of drug-likeness (QED) is 0.0243. The summed E-state index contributed by atoms with van der Waals surface area (Å²) in [6.07, 6.45) is -7.53. The second-order valence-electron chi connectivity index (χ2n) is 28.5. The van der Waals surface area contributed by atoms with Gasteiger partial charge in [0.15, 0.2) is 0 Å². The summed E-state index contributed by atoms with van der Waals surface area (Å²) in [6.45, 7) is 4.38. The number of esters is 1. The fourth-order valence-corrected chi connectivity index (χ4v) is 12.3. The van der Waals surface area contributed by atoms with E-state index in [-0.39, 0.29) is 117 Å². The Morgan fingerprint density at radius 1 is 0.260 bits per heavy atom. The Bertz CT molecular complexity index is 4950. The number of aromatic carboxylic acids is 12. The number of nitrogens with zero attached hydrogens (tertiary/aromatic N) is 6. The molecule has 0 radical (unpaired) electrons. The van der Waals surface area contributed by atoms with E-state index in [2.05, 4.69) is 61.8 Å². The molecule has 123 heavy (non-hydrogen) atoms. The van der Waals surface area contributed by atoms with Gasteiger partial charge in [0.05, 0.1) is 7.11 Å². The number of aromatic nitrogens is 6. The van der Waals surface area contributed by atoms with Crippen molar-refractivity contribution < 1.29 is 162 Å². The number of methoxy groups -OCH3 is 1. The van der Waals surface area contributed by atoms with E-state index in [1.807, 2.05) is 0 Å². The van der Waals surface area contributed by atoms with Gasteiger partial charge in [-0.1, -0.05) is 0 Å². The van der Waals surface area contributed by atoms with Gasteiger partial charge in [-0.3, -0.25) is 24.0 Å². The maximum atomic E-state index is 15.6. The van der Waals surface area contributed by atoms with E-state index >= 15 is 14.4 Å². The van der Waals surface area contributed by atoms with Crippen LogP contribution in [0.4, 0.5) is 4.79 Å². The second kappa shape index (κ2) is 44.4. The van der Waals surface area contributed by atoms with Crippen molar-refractivity contribution in [2.45, 2.75) is 178 Å². The molecule has 6 heterocycles. The number of ether oxygens (including phenoxy) is 2. The third kappa shape index (κ3) is 30.5. The molecule has 6 rings (SSSR count). The molecular weight excluding hydrogens is 1630 g/mol. The van der Waals surface area contributed by atoms with Crippen LogP contribution in [0.5, 0.6) is 0 Å². The first kappa shape index (κ1) is 96.5. The van der Waals surface area contributed by atoms with Gasteiger partial charge in [-0.15, -0.1) is 0 Å². The van der Waals surface area contributed by atoms with E-state index in [1.165, 1.54) is 20.8 Å². The number of amides is 6. The van der Waals surface area contributed by atoms with Crippen molar-refractivity contribution in [3.8, 4) is 0 Å². The molecular formula is C78H84N12O33. The number of carboxylic acid groups (broad SMARTS) is 12. The summed E-state index contributed by atoms with van der Waals surface area (Å²) in [5, 5.41) is 133. The number of aryl methyl sites for hydroxylation is 6. The maximum absolute atomic E-state index is 15.6. The Labute approximate surface area is 694 Å². The molecule has 45 nitrogen and oxygen atoms in total.